The van der Waals surface area contributed by atoms with Gasteiger partial charge in [-0.25, -0.2) is 13.1 Å². The lowest BCUT2D eigenvalue weighted by Gasteiger charge is -2.06. The van der Waals surface area contributed by atoms with E-state index in [0.717, 1.165) is 0 Å². The van der Waals surface area contributed by atoms with E-state index in [1.807, 2.05) is 6.92 Å². The number of nitrogens with one attached hydrogen (secondary N) is 1. The Kier molecular flexibility index (Phi) is 7.93. The van der Waals surface area contributed by atoms with E-state index in [9.17, 15) is 8.42 Å². The van der Waals surface area contributed by atoms with Gasteiger partial charge in [0.1, 0.15) is 4.90 Å². The third-order valence-corrected chi connectivity index (χ3v) is 3.88. The van der Waals surface area contributed by atoms with Crippen molar-refractivity contribution >= 4 is 10.0 Å². The maximum Gasteiger partial charge on any atom is 0.242 e. The Labute approximate surface area is 125 Å². The number of nitrogens with zero attached hydrogens (tertiary/aromatic N) is 1. The number of hydrogen-bond acceptors (Lipinski definition) is 5. The number of hydrogen-bond donors (Lipinski definition) is 2. The van der Waals surface area contributed by atoms with Gasteiger partial charge >= 0.3 is 0 Å². The van der Waals surface area contributed by atoms with Crippen LogP contribution >= 0.6 is 0 Å². The molecule has 0 unspecified atom stereocenters. The highest BCUT2D eigenvalue weighted by Crippen LogP contribution is 2.08. The predicted octanol–water partition coefficient (Wildman–Crippen LogP) is 0.520. The van der Waals surface area contributed by atoms with Gasteiger partial charge in [0.15, 0.2) is 0 Å². The third kappa shape index (κ3) is 6.69. The van der Waals surface area contributed by atoms with Crippen molar-refractivity contribution in [1.82, 2.24) is 9.71 Å². The van der Waals surface area contributed by atoms with Gasteiger partial charge in [-0.3, -0.25) is 4.98 Å². The van der Waals surface area contributed by atoms with Gasteiger partial charge in [-0.15, -0.1) is 0 Å². The molecule has 0 spiro atoms. The number of ether oxygens (including phenoxy) is 1. The average molecular weight is 312 g/mol. The molecule has 0 aliphatic heterocycles. The summed E-state index contributed by atoms with van der Waals surface area (Å²) < 4.78 is 31.8. The van der Waals surface area contributed by atoms with Crippen LogP contribution in [0.2, 0.25) is 0 Å². The highest BCUT2D eigenvalue weighted by atomic mass is 32.2. The van der Waals surface area contributed by atoms with Gasteiger partial charge in [0.05, 0.1) is 6.61 Å². The van der Waals surface area contributed by atoms with Crippen molar-refractivity contribution < 1.29 is 18.3 Å². The molecule has 21 heavy (non-hydrogen) atoms. The second-order valence-electron chi connectivity index (χ2n) is 4.13. The van der Waals surface area contributed by atoms with E-state index in [4.69, 9.17) is 9.84 Å². The van der Waals surface area contributed by atoms with Crippen LogP contribution in [-0.4, -0.2) is 44.9 Å². The van der Waals surface area contributed by atoms with Gasteiger partial charge in [0.2, 0.25) is 10.0 Å². The Balaban J connectivity index is 2.66. The smallest absolute Gasteiger partial charge is 0.242 e. The average Bonchev–Trinajstić information content (AvgIpc) is 2.48. The minimum atomic E-state index is -3.59. The molecular weight excluding hydrogens is 292 g/mol. The minimum absolute atomic E-state index is 0.0280. The number of aromatic nitrogens is 1. The van der Waals surface area contributed by atoms with Crippen LogP contribution in [0.15, 0.2) is 23.4 Å². The van der Waals surface area contributed by atoms with Gasteiger partial charge in [-0.2, -0.15) is 0 Å². The zero-order valence-electron chi connectivity index (χ0n) is 12.0. The van der Waals surface area contributed by atoms with Crippen LogP contribution in [0.4, 0.5) is 0 Å². The zero-order valence-corrected chi connectivity index (χ0v) is 12.8. The Morgan fingerprint density at radius 2 is 2.24 bits per heavy atom. The van der Waals surface area contributed by atoms with Crippen LogP contribution in [0.3, 0.4) is 0 Å². The van der Waals surface area contributed by atoms with Gasteiger partial charge in [-0.1, -0.05) is 11.8 Å². The maximum atomic E-state index is 12.1. The summed E-state index contributed by atoms with van der Waals surface area (Å²) in [7, 11) is -3.59. The monoisotopic (exact) mass is 312 g/mol. The van der Waals surface area contributed by atoms with Crippen LogP contribution < -0.4 is 4.72 Å². The first-order valence-electron chi connectivity index (χ1n) is 6.72. The predicted molar refractivity (Wildman–Crippen MR) is 79.1 cm³/mol. The number of sulfonamides is 1. The van der Waals surface area contributed by atoms with E-state index in [2.05, 4.69) is 21.5 Å². The Morgan fingerprint density at radius 1 is 1.43 bits per heavy atom. The first kappa shape index (κ1) is 17.6. The fraction of sp³-hybridized carbons (Fsp3) is 0.500. The first-order chi connectivity index (χ1) is 10.1. The molecule has 0 atom stereocenters. The van der Waals surface area contributed by atoms with Crippen molar-refractivity contribution in [1.29, 1.82) is 0 Å². The molecule has 0 amide bonds. The summed E-state index contributed by atoms with van der Waals surface area (Å²) in [6, 6.07) is 1.46. The molecule has 2 N–H and O–H groups in total. The molecule has 1 aromatic heterocycles. The molecule has 0 aromatic carbocycles. The summed E-state index contributed by atoms with van der Waals surface area (Å²) in [6.07, 6.45) is 3.71. The van der Waals surface area contributed by atoms with Crippen LogP contribution in [-0.2, 0) is 14.8 Å². The van der Waals surface area contributed by atoms with Crippen molar-refractivity contribution in [3.8, 4) is 11.8 Å². The molecule has 7 heteroatoms. The second kappa shape index (κ2) is 9.47. The fourth-order valence-corrected chi connectivity index (χ4v) is 2.52. The second-order valence-corrected chi connectivity index (χ2v) is 5.90. The van der Waals surface area contributed by atoms with Crippen molar-refractivity contribution in [2.75, 3.05) is 26.4 Å². The summed E-state index contributed by atoms with van der Waals surface area (Å²) in [5.74, 6) is 5.48. The van der Waals surface area contributed by atoms with Crippen LogP contribution in [0, 0.1) is 11.8 Å². The summed E-state index contributed by atoms with van der Waals surface area (Å²) in [6.45, 7) is 3.30. The lowest BCUT2D eigenvalue weighted by molar-refractivity contribution is 0.146. The lowest BCUT2D eigenvalue weighted by atomic mass is 10.3. The minimum Gasteiger partial charge on any atom is -0.395 e. The van der Waals surface area contributed by atoms with E-state index in [-0.39, 0.29) is 11.5 Å². The van der Waals surface area contributed by atoms with Crippen LogP contribution in [0.25, 0.3) is 0 Å². The summed E-state index contributed by atoms with van der Waals surface area (Å²) in [5.41, 5.74) is 0.501. The number of aliphatic hydroxyl groups is 1. The van der Waals surface area contributed by atoms with E-state index in [1.54, 1.807) is 0 Å². The molecule has 6 nitrogen and oxygen atoms in total. The summed E-state index contributed by atoms with van der Waals surface area (Å²) in [5, 5.41) is 8.65. The highest BCUT2D eigenvalue weighted by molar-refractivity contribution is 7.89. The molecule has 1 heterocycles. The first-order valence-corrected chi connectivity index (χ1v) is 8.20. The van der Waals surface area contributed by atoms with Gasteiger partial charge in [0, 0.05) is 44.1 Å². The number of aliphatic hydroxyl groups excluding tert-OH is 1. The lowest BCUT2D eigenvalue weighted by Crippen LogP contribution is -2.25. The molecule has 0 bridgehead atoms. The Bertz CT molecular complexity index is 590. The van der Waals surface area contributed by atoms with Crippen molar-refractivity contribution in [2.24, 2.45) is 0 Å². The highest BCUT2D eigenvalue weighted by Gasteiger charge is 2.13. The van der Waals surface area contributed by atoms with Crippen LogP contribution in [0.1, 0.15) is 25.3 Å². The molecule has 0 fully saturated rings. The summed E-state index contributed by atoms with van der Waals surface area (Å²) >= 11 is 0. The van der Waals surface area contributed by atoms with Crippen molar-refractivity contribution in [3.05, 3.63) is 24.0 Å². The van der Waals surface area contributed by atoms with E-state index < -0.39 is 10.0 Å². The van der Waals surface area contributed by atoms with Crippen molar-refractivity contribution in [2.45, 2.75) is 24.7 Å². The third-order valence-electron chi connectivity index (χ3n) is 2.45. The molecule has 0 aliphatic rings. The Morgan fingerprint density at radius 3 is 2.95 bits per heavy atom. The molecular formula is C14H20N2O4S. The molecule has 0 aliphatic carbocycles. The normalized spacial score (nSPS) is 11.0. The molecule has 0 saturated heterocycles. The Hall–Kier alpha value is -1.46. The SMILES string of the molecule is CCOCCCNS(=O)(=O)c1cncc(C#CCCO)c1. The molecule has 1 rings (SSSR count). The summed E-state index contributed by atoms with van der Waals surface area (Å²) in [4.78, 5) is 3.96. The standard InChI is InChI=1S/C14H20N2O4S/c1-2-20-9-5-7-16-21(18,19)14-10-13(11-15-12-14)6-3-4-8-17/h10-12,16-17H,2,4-5,7-9H2,1H3. The van der Waals surface area contributed by atoms with Crippen LogP contribution in [0.5, 0.6) is 0 Å². The van der Waals surface area contributed by atoms with Crippen molar-refractivity contribution in [3.63, 3.8) is 0 Å². The zero-order chi connectivity index (χ0) is 15.6. The molecule has 0 saturated carbocycles. The van der Waals surface area contributed by atoms with Gasteiger partial charge in [0.25, 0.3) is 0 Å². The largest absolute Gasteiger partial charge is 0.395 e. The van der Waals surface area contributed by atoms with E-state index in [0.29, 0.717) is 38.2 Å². The molecule has 1 aromatic rings. The van der Waals surface area contributed by atoms with E-state index in [1.165, 1.54) is 18.5 Å². The number of rotatable bonds is 8. The topological polar surface area (TPSA) is 88.5 Å². The quantitative estimate of drug-likeness (QED) is 0.540. The molecule has 0 radical (unpaired) electrons. The van der Waals surface area contributed by atoms with Gasteiger partial charge < -0.3 is 9.84 Å². The molecule has 116 valence electrons. The fourth-order valence-electron chi connectivity index (χ4n) is 1.46. The number of pyridine rings is 1. The van der Waals surface area contributed by atoms with E-state index >= 15 is 0 Å². The maximum absolute atomic E-state index is 12.1. The van der Waals surface area contributed by atoms with Gasteiger partial charge in [-0.05, 0) is 19.4 Å².